The van der Waals surface area contributed by atoms with Gasteiger partial charge in [0.1, 0.15) is 5.75 Å². The fraction of sp³-hybridized carbons (Fsp3) is 0.556. The maximum atomic E-state index is 12.3. The van der Waals surface area contributed by atoms with Crippen LogP contribution in [0.25, 0.3) is 11.1 Å². The first-order valence-electron chi connectivity index (χ1n) is 11.7. The molecule has 1 saturated carbocycles. The minimum atomic E-state index is -4.66. The highest BCUT2D eigenvalue weighted by Crippen LogP contribution is 2.34. The number of rotatable bonds is 9. The Bertz CT molecular complexity index is 770. The van der Waals surface area contributed by atoms with Crippen LogP contribution in [-0.2, 0) is 6.42 Å². The van der Waals surface area contributed by atoms with Gasteiger partial charge in [-0.1, -0.05) is 95.2 Å². The SMILES string of the molecule is CC(C)CCCC1CCC(CCc2ccc(-c3ccc(OC(F)(F)F)cc3)cc2)CC1. The van der Waals surface area contributed by atoms with Gasteiger partial charge in [-0.25, -0.2) is 0 Å². The summed E-state index contributed by atoms with van der Waals surface area (Å²) in [6.45, 7) is 4.62. The van der Waals surface area contributed by atoms with Crippen LogP contribution in [0.3, 0.4) is 0 Å². The summed E-state index contributed by atoms with van der Waals surface area (Å²) in [5.74, 6) is 2.43. The van der Waals surface area contributed by atoms with E-state index in [9.17, 15) is 13.2 Å². The van der Waals surface area contributed by atoms with E-state index in [4.69, 9.17) is 0 Å². The molecule has 0 saturated heterocycles. The Morgan fingerprint density at radius 1 is 0.806 bits per heavy atom. The van der Waals surface area contributed by atoms with Crippen LogP contribution in [0, 0.1) is 17.8 Å². The third-order valence-electron chi connectivity index (χ3n) is 6.58. The molecule has 0 amide bonds. The van der Waals surface area contributed by atoms with Crippen molar-refractivity contribution in [3.8, 4) is 16.9 Å². The molecule has 1 aliphatic rings. The summed E-state index contributed by atoms with van der Waals surface area (Å²) in [4.78, 5) is 0. The lowest BCUT2D eigenvalue weighted by molar-refractivity contribution is -0.274. The molecule has 0 aromatic heterocycles. The van der Waals surface area contributed by atoms with E-state index in [0.717, 1.165) is 35.3 Å². The zero-order valence-electron chi connectivity index (χ0n) is 18.8. The third-order valence-corrected chi connectivity index (χ3v) is 6.58. The van der Waals surface area contributed by atoms with E-state index < -0.39 is 6.36 Å². The van der Waals surface area contributed by atoms with Crippen molar-refractivity contribution in [2.45, 2.75) is 78.0 Å². The van der Waals surface area contributed by atoms with Crippen molar-refractivity contribution in [1.82, 2.24) is 0 Å². The zero-order chi connectivity index (χ0) is 22.3. The quantitative estimate of drug-likeness (QED) is 0.384. The van der Waals surface area contributed by atoms with Crippen molar-refractivity contribution in [3.05, 3.63) is 54.1 Å². The minimum Gasteiger partial charge on any atom is -0.406 e. The molecule has 31 heavy (non-hydrogen) atoms. The predicted octanol–water partition coefficient (Wildman–Crippen LogP) is 8.82. The standard InChI is InChI=1S/C27H35F3O/c1-20(2)4-3-5-21-6-8-22(9-7-21)10-11-23-12-14-24(15-13-23)25-16-18-26(19-17-25)31-27(28,29)30/h12-22H,3-11H2,1-2H3. The van der Waals surface area contributed by atoms with E-state index in [-0.39, 0.29) is 5.75 Å². The van der Waals surface area contributed by atoms with Crippen LogP contribution >= 0.6 is 0 Å². The number of benzene rings is 2. The van der Waals surface area contributed by atoms with Crippen LogP contribution in [0.15, 0.2) is 48.5 Å². The second-order valence-electron chi connectivity index (χ2n) is 9.52. The Labute approximate surface area is 185 Å². The van der Waals surface area contributed by atoms with Crippen molar-refractivity contribution in [2.75, 3.05) is 0 Å². The molecular weight excluding hydrogens is 397 g/mol. The Morgan fingerprint density at radius 3 is 1.84 bits per heavy atom. The maximum absolute atomic E-state index is 12.3. The number of hydrogen-bond donors (Lipinski definition) is 0. The molecule has 0 unspecified atom stereocenters. The van der Waals surface area contributed by atoms with Gasteiger partial charge in [0.15, 0.2) is 0 Å². The van der Waals surface area contributed by atoms with Crippen molar-refractivity contribution >= 4 is 0 Å². The van der Waals surface area contributed by atoms with Crippen LogP contribution in [0.5, 0.6) is 5.75 Å². The number of aryl methyl sites for hydroxylation is 1. The van der Waals surface area contributed by atoms with Gasteiger partial charge in [-0.15, -0.1) is 13.2 Å². The summed E-state index contributed by atoms with van der Waals surface area (Å²) in [7, 11) is 0. The van der Waals surface area contributed by atoms with Gasteiger partial charge in [0.05, 0.1) is 0 Å². The van der Waals surface area contributed by atoms with Crippen LogP contribution in [0.1, 0.15) is 70.8 Å². The number of alkyl halides is 3. The Balaban J connectivity index is 1.42. The summed E-state index contributed by atoms with van der Waals surface area (Å²) in [6.07, 6.45) is 7.40. The van der Waals surface area contributed by atoms with Crippen LogP contribution in [0.4, 0.5) is 13.2 Å². The van der Waals surface area contributed by atoms with Crippen molar-refractivity contribution < 1.29 is 17.9 Å². The Hall–Kier alpha value is -1.97. The molecule has 0 aliphatic heterocycles. The van der Waals surface area contributed by atoms with E-state index in [0.29, 0.717) is 0 Å². The smallest absolute Gasteiger partial charge is 0.406 e. The summed E-state index contributed by atoms with van der Waals surface area (Å²) < 4.78 is 40.8. The first kappa shape index (κ1) is 23.7. The average molecular weight is 433 g/mol. The lowest BCUT2D eigenvalue weighted by atomic mass is 9.77. The molecule has 2 aromatic rings. The molecule has 0 atom stereocenters. The molecule has 0 heterocycles. The highest BCUT2D eigenvalue weighted by molar-refractivity contribution is 5.64. The van der Waals surface area contributed by atoms with Gasteiger partial charge in [-0.3, -0.25) is 0 Å². The van der Waals surface area contributed by atoms with Gasteiger partial charge in [0, 0.05) is 0 Å². The molecule has 0 bridgehead atoms. The van der Waals surface area contributed by atoms with Gasteiger partial charge >= 0.3 is 6.36 Å². The summed E-state index contributed by atoms with van der Waals surface area (Å²) >= 11 is 0. The number of ether oxygens (including phenoxy) is 1. The van der Waals surface area contributed by atoms with Crippen molar-refractivity contribution in [3.63, 3.8) is 0 Å². The van der Waals surface area contributed by atoms with Gasteiger partial charge in [0.25, 0.3) is 0 Å². The predicted molar refractivity (Wildman–Crippen MR) is 121 cm³/mol. The monoisotopic (exact) mass is 432 g/mol. The second-order valence-corrected chi connectivity index (χ2v) is 9.52. The van der Waals surface area contributed by atoms with Gasteiger partial charge in [0.2, 0.25) is 0 Å². The summed E-state index contributed by atoms with van der Waals surface area (Å²) in [5.41, 5.74) is 3.22. The normalized spacial score (nSPS) is 19.5. The maximum Gasteiger partial charge on any atom is 0.573 e. The first-order chi connectivity index (χ1) is 14.8. The molecule has 3 rings (SSSR count). The molecule has 170 valence electrons. The van der Waals surface area contributed by atoms with E-state index >= 15 is 0 Å². The van der Waals surface area contributed by atoms with E-state index in [1.54, 1.807) is 12.1 Å². The lowest BCUT2D eigenvalue weighted by Gasteiger charge is -2.28. The van der Waals surface area contributed by atoms with Gasteiger partial charge in [-0.05, 0) is 59.4 Å². The summed E-state index contributed by atoms with van der Waals surface area (Å²) in [6, 6.07) is 14.4. The van der Waals surface area contributed by atoms with E-state index in [1.807, 2.05) is 0 Å². The lowest BCUT2D eigenvalue weighted by Crippen LogP contribution is -2.16. The average Bonchev–Trinajstić information content (AvgIpc) is 2.73. The number of halogens is 3. The highest BCUT2D eigenvalue weighted by atomic mass is 19.4. The largest absolute Gasteiger partial charge is 0.573 e. The van der Waals surface area contributed by atoms with Crippen LogP contribution < -0.4 is 4.74 Å². The fourth-order valence-electron chi connectivity index (χ4n) is 4.71. The fourth-order valence-corrected chi connectivity index (χ4v) is 4.71. The van der Waals surface area contributed by atoms with E-state index in [2.05, 4.69) is 42.8 Å². The molecule has 1 fully saturated rings. The third kappa shape index (κ3) is 8.23. The molecule has 0 N–H and O–H groups in total. The van der Waals surface area contributed by atoms with Crippen LogP contribution in [0.2, 0.25) is 0 Å². The topological polar surface area (TPSA) is 9.23 Å². The molecule has 0 radical (unpaired) electrons. The van der Waals surface area contributed by atoms with Gasteiger partial charge < -0.3 is 4.74 Å². The Kier molecular flexibility index (Phi) is 8.45. The molecule has 2 aromatic carbocycles. The second kappa shape index (κ2) is 11.1. The minimum absolute atomic E-state index is 0.192. The molecule has 1 aliphatic carbocycles. The summed E-state index contributed by atoms with van der Waals surface area (Å²) in [5, 5.41) is 0. The number of hydrogen-bond acceptors (Lipinski definition) is 1. The van der Waals surface area contributed by atoms with E-state index in [1.165, 1.54) is 69.1 Å². The molecule has 0 spiro atoms. The van der Waals surface area contributed by atoms with Gasteiger partial charge in [-0.2, -0.15) is 0 Å². The van der Waals surface area contributed by atoms with Crippen molar-refractivity contribution in [2.24, 2.45) is 17.8 Å². The molecule has 4 heteroatoms. The van der Waals surface area contributed by atoms with Crippen LogP contribution in [-0.4, -0.2) is 6.36 Å². The molecule has 1 nitrogen and oxygen atoms in total. The van der Waals surface area contributed by atoms with Crippen molar-refractivity contribution in [1.29, 1.82) is 0 Å². The molecular formula is C27H35F3O. The zero-order valence-corrected chi connectivity index (χ0v) is 18.8. The first-order valence-corrected chi connectivity index (χ1v) is 11.7. The highest BCUT2D eigenvalue weighted by Gasteiger charge is 2.31. The Morgan fingerprint density at radius 2 is 1.32 bits per heavy atom.